The highest BCUT2D eigenvalue weighted by molar-refractivity contribution is 6.11. The van der Waals surface area contributed by atoms with Gasteiger partial charge in [-0.05, 0) is 24.3 Å². The number of carbonyl (C=O) groups excluding carboxylic acids is 3. The van der Waals surface area contributed by atoms with Gasteiger partial charge in [-0.1, -0.05) is 18.2 Å². The Kier molecular flexibility index (Phi) is 4.34. The van der Waals surface area contributed by atoms with Crippen LogP contribution in [-0.4, -0.2) is 49.0 Å². The van der Waals surface area contributed by atoms with E-state index >= 15 is 0 Å². The molecule has 0 aromatic heterocycles. The van der Waals surface area contributed by atoms with Crippen LogP contribution >= 0.6 is 0 Å². The van der Waals surface area contributed by atoms with Crippen molar-refractivity contribution in [2.24, 2.45) is 0 Å². The first-order chi connectivity index (χ1) is 14.6. The van der Waals surface area contributed by atoms with Crippen LogP contribution in [0.25, 0.3) is 0 Å². The lowest BCUT2D eigenvalue weighted by Crippen LogP contribution is -2.47. The summed E-state index contributed by atoms with van der Waals surface area (Å²) in [4.78, 5) is 39.8. The summed E-state index contributed by atoms with van der Waals surface area (Å²) in [6.45, 7) is 1.000. The number of fused-ring (bicyclic) bond motifs is 3. The van der Waals surface area contributed by atoms with Crippen LogP contribution in [0.4, 0.5) is 4.79 Å². The monoisotopic (exact) mass is 408 g/mol. The molecule has 0 aliphatic carbocycles. The fourth-order valence-electron chi connectivity index (χ4n) is 4.09. The van der Waals surface area contributed by atoms with Crippen LogP contribution in [0.15, 0.2) is 42.5 Å². The van der Waals surface area contributed by atoms with E-state index in [1.54, 1.807) is 36.4 Å². The van der Waals surface area contributed by atoms with Gasteiger partial charge in [0.15, 0.2) is 22.8 Å². The summed E-state index contributed by atoms with van der Waals surface area (Å²) >= 11 is 0. The van der Waals surface area contributed by atoms with Crippen molar-refractivity contribution in [3.8, 4) is 17.2 Å². The van der Waals surface area contributed by atoms with E-state index in [1.807, 2.05) is 6.07 Å². The summed E-state index contributed by atoms with van der Waals surface area (Å²) < 4.78 is 16.8. The van der Waals surface area contributed by atoms with Crippen LogP contribution in [0.3, 0.4) is 0 Å². The number of ether oxygens (including phenoxy) is 3. The zero-order valence-corrected chi connectivity index (χ0v) is 16.2. The third kappa shape index (κ3) is 2.87. The molecule has 0 bridgehead atoms. The van der Waals surface area contributed by atoms with Gasteiger partial charge in [-0.3, -0.25) is 14.5 Å². The summed E-state index contributed by atoms with van der Waals surface area (Å²) in [7, 11) is 0. The van der Waals surface area contributed by atoms with Crippen molar-refractivity contribution in [2.45, 2.75) is 18.4 Å². The SMILES string of the molecule is O=C(CN1C(=O)N[C@@]2(CCOc3ccccc32)C1=O)c1ccc2c(c1)OCCCO2. The Hall–Kier alpha value is -3.55. The van der Waals surface area contributed by atoms with E-state index in [0.29, 0.717) is 54.6 Å². The number of hydrogen-bond donors (Lipinski definition) is 1. The van der Waals surface area contributed by atoms with Crippen LogP contribution < -0.4 is 19.5 Å². The molecule has 1 spiro atoms. The van der Waals surface area contributed by atoms with Crippen molar-refractivity contribution >= 4 is 17.7 Å². The highest BCUT2D eigenvalue weighted by Crippen LogP contribution is 2.41. The van der Waals surface area contributed by atoms with Gasteiger partial charge in [-0.15, -0.1) is 0 Å². The Labute approximate surface area is 172 Å². The molecule has 3 aliphatic rings. The lowest BCUT2D eigenvalue weighted by atomic mass is 9.84. The molecule has 2 aromatic rings. The molecule has 30 heavy (non-hydrogen) atoms. The normalized spacial score (nSPS) is 22.2. The first-order valence-electron chi connectivity index (χ1n) is 9.88. The molecular formula is C22H20N2O6. The number of nitrogens with zero attached hydrogens (tertiary/aromatic N) is 1. The molecule has 1 saturated heterocycles. The average molecular weight is 408 g/mol. The van der Waals surface area contributed by atoms with Gasteiger partial charge in [0, 0.05) is 24.0 Å². The number of imide groups is 1. The topological polar surface area (TPSA) is 94.2 Å². The van der Waals surface area contributed by atoms with Gasteiger partial charge < -0.3 is 19.5 Å². The van der Waals surface area contributed by atoms with Gasteiger partial charge in [0.2, 0.25) is 0 Å². The number of hydrogen-bond acceptors (Lipinski definition) is 6. The lowest BCUT2D eigenvalue weighted by Gasteiger charge is -2.33. The second kappa shape index (κ2) is 7.05. The Balaban J connectivity index is 1.40. The Morgan fingerprint density at radius 3 is 2.60 bits per heavy atom. The molecule has 1 fully saturated rings. The molecule has 3 heterocycles. The predicted octanol–water partition coefficient (Wildman–Crippen LogP) is 2.26. The van der Waals surface area contributed by atoms with Crippen molar-refractivity contribution in [3.05, 3.63) is 53.6 Å². The minimum absolute atomic E-state index is 0.299. The third-order valence-corrected chi connectivity index (χ3v) is 5.63. The van der Waals surface area contributed by atoms with Gasteiger partial charge in [0.05, 0.1) is 26.4 Å². The maximum atomic E-state index is 13.3. The summed E-state index contributed by atoms with van der Waals surface area (Å²) in [5, 5.41) is 2.80. The number of rotatable bonds is 3. The highest BCUT2D eigenvalue weighted by Gasteiger charge is 2.55. The number of Topliss-reactive ketones (excluding diaryl/α,β-unsaturated/α-hetero) is 1. The third-order valence-electron chi connectivity index (χ3n) is 5.63. The number of benzene rings is 2. The molecular weight excluding hydrogens is 388 g/mol. The van der Waals surface area contributed by atoms with Crippen molar-refractivity contribution in [1.29, 1.82) is 0 Å². The van der Waals surface area contributed by atoms with Crippen LogP contribution in [0, 0.1) is 0 Å². The van der Waals surface area contributed by atoms with Crippen LogP contribution in [0.5, 0.6) is 17.2 Å². The second-order valence-electron chi connectivity index (χ2n) is 7.46. The van der Waals surface area contributed by atoms with Crippen LogP contribution in [-0.2, 0) is 10.3 Å². The standard InChI is InChI=1S/C22H20N2O6/c25-16(14-6-7-18-19(12-14)29-10-3-9-28-18)13-24-20(26)22(23-21(24)27)8-11-30-17-5-2-1-4-15(17)22/h1-2,4-7,12H,3,8-11,13H2,(H,23,27)/t22-/m1/s1. The first-order valence-corrected chi connectivity index (χ1v) is 9.88. The number of nitrogens with one attached hydrogen (secondary N) is 1. The maximum absolute atomic E-state index is 13.3. The number of urea groups is 1. The second-order valence-corrected chi connectivity index (χ2v) is 7.46. The quantitative estimate of drug-likeness (QED) is 0.619. The van der Waals surface area contributed by atoms with Gasteiger partial charge in [-0.25, -0.2) is 4.79 Å². The van der Waals surface area contributed by atoms with E-state index in [4.69, 9.17) is 14.2 Å². The zero-order chi connectivity index (χ0) is 20.7. The van der Waals surface area contributed by atoms with Gasteiger partial charge in [0.25, 0.3) is 5.91 Å². The summed E-state index contributed by atoms with van der Waals surface area (Å²) in [6, 6.07) is 11.4. The Bertz CT molecular complexity index is 1050. The number of ketones is 1. The molecule has 2 aromatic carbocycles. The fraction of sp³-hybridized carbons (Fsp3) is 0.318. The molecule has 1 N–H and O–H groups in total. The van der Waals surface area contributed by atoms with Crippen molar-refractivity contribution in [1.82, 2.24) is 10.2 Å². The summed E-state index contributed by atoms with van der Waals surface area (Å²) in [6.07, 6.45) is 1.07. The first kappa shape index (κ1) is 18.5. The van der Waals surface area contributed by atoms with E-state index in [2.05, 4.69) is 5.32 Å². The molecule has 1 atom stereocenters. The molecule has 0 saturated carbocycles. The average Bonchev–Trinajstić information content (AvgIpc) is 2.93. The molecule has 8 heteroatoms. The van der Waals surface area contributed by atoms with Crippen LogP contribution in [0.2, 0.25) is 0 Å². The number of carbonyl (C=O) groups is 3. The molecule has 3 amide bonds. The van der Waals surface area contributed by atoms with Gasteiger partial charge >= 0.3 is 6.03 Å². The number of amides is 3. The minimum Gasteiger partial charge on any atom is -0.493 e. The van der Waals surface area contributed by atoms with E-state index in [9.17, 15) is 14.4 Å². The Morgan fingerprint density at radius 1 is 0.967 bits per heavy atom. The molecule has 5 rings (SSSR count). The summed E-state index contributed by atoms with van der Waals surface area (Å²) in [5.74, 6) is 0.841. The van der Waals surface area contributed by atoms with E-state index in [0.717, 1.165) is 11.3 Å². The van der Waals surface area contributed by atoms with Crippen molar-refractivity contribution in [2.75, 3.05) is 26.4 Å². The molecule has 8 nitrogen and oxygen atoms in total. The van der Waals surface area contributed by atoms with E-state index in [-0.39, 0.29) is 12.3 Å². The molecule has 0 unspecified atom stereocenters. The van der Waals surface area contributed by atoms with Crippen LogP contribution in [0.1, 0.15) is 28.8 Å². The maximum Gasteiger partial charge on any atom is 0.325 e. The minimum atomic E-state index is -1.20. The lowest BCUT2D eigenvalue weighted by molar-refractivity contribution is -0.132. The van der Waals surface area contributed by atoms with E-state index < -0.39 is 17.5 Å². The van der Waals surface area contributed by atoms with Gasteiger partial charge in [0.1, 0.15) is 5.75 Å². The molecule has 0 radical (unpaired) electrons. The van der Waals surface area contributed by atoms with Crippen molar-refractivity contribution in [3.63, 3.8) is 0 Å². The number of para-hydroxylation sites is 1. The van der Waals surface area contributed by atoms with E-state index in [1.165, 1.54) is 0 Å². The highest BCUT2D eigenvalue weighted by atomic mass is 16.5. The summed E-state index contributed by atoms with van der Waals surface area (Å²) in [5.41, 5.74) is -0.231. The largest absolute Gasteiger partial charge is 0.493 e. The Morgan fingerprint density at radius 2 is 1.73 bits per heavy atom. The predicted molar refractivity (Wildman–Crippen MR) is 105 cm³/mol. The molecule has 3 aliphatic heterocycles. The van der Waals surface area contributed by atoms with Gasteiger partial charge in [-0.2, -0.15) is 0 Å². The zero-order valence-electron chi connectivity index (χ0n) is 16.2. The molecule has 154 valence electrons. The smallest absolute Gasteiger partial charge is 0.325 e. The van der Waals surface area contributed by atoms with Crippen molar-refractivity contribution < 1.29 is 28.6 Å². The fourth-order valence-corrected chi connectivity index (χ4v) is 4.09.